The topological polar surface area (TPSA) is 26.8 Å². The minimum absolute atomic E-state index is 0.343. The highest BCUT2D eigenvalue weighted by molar-refractivity contribution is 6.26. The van der Waals surface area contributed by atoms with E-state index < -0.39 is 12.6 Å². The van der Waals surface area contributed by atoms with Gasteiger partial charge in [0.05, 0.1) is 12.1 Å². The van der Waals surface area contributed by atoms with E-state index in [-0.39, 0.29) is 12.5 Å². The first kappa shape index (κ1) is 22.7. The zero-order chi connectivity index (χ0) is 23.7. The molecule has 1 fully saturated rings. The third-order valence-electron chi connectivity index (χ3n) is 6.87. The Labute approximate surface area is 197 Å². The van der Waals surface area contributed by atoms with E-state index in [1.807, 2.05) is 30.3 Å². The fourth-order valence-corrected chi connectivity index (χ4v) is 5.13. The van der Waals surface area contributed by atoms with Gasteiger partial charge in [0.15, 0.2) is 0 Å². The van der Waals surface area contributed by atoms with Gasteiger partial charge < -0.3 is 14.7 Å². The maximum absolute atomic E-state index is 12.9. The molecule has 34 heavy (non-hydrogen) atoms. The number of nitrogens with zero attached hydrogens (tertiary/aromatic N) is 3. The number of rotatable bonds is 6. The van der Waals surface area contributed by atoms with Gasteiger partial charge in [0.1, 0.15) is 0 Å². The number of amides is 1. The summed E-state index contributed by atoms with van der Waals surface area (Å²) in [5.41, 5.74) is 3.48. The van der Waals surface area contributed by atoms with Crippen molar-refractivity contribution in [3.63, 3.8) is 0 Å². The van der Waals surface area contributed by atoms with E-state index in [1.54, 1.807) is 6.07 Å². The van der Waals surface area contributed by atoms with Gasteiger partial charge in [-0.15, -0.1) is 0 Å². The molecule has 3 aromatic rings. The van der Waals surface area contributed by atoms with Gasteiger partial charge in [-0.05, 0) is 43.1 Å². The highest BCUT2D eigenvalue weighted by atomic mass is 19.4. The number of anilines is 2. The lowest BCUT2D eigenvalue weighted by molar-refractivity contribution is -0.132. The summed E-state index contributed by atoms with van der Waals surface area (Å²) in [6.07, 6.45) is -3.25. The Morgan fingerprint density at radius 3 is 2.38 bits per heavy atom. The van der Waals surface area contributed by atoms with E-state index in [2.05, 4.69) is 34.1 Å². The molecule has 0 aliphatic carbocycles. The molecule has 0 atom stereocenters. The Morgan fingerprint density at radius 1 is 0.794 bits per heavy atom. The smallest absolute Gasteiger partial charge is 0.370 e. The molecule has 1 saturated heterocycles. The van der Waals surface area contributed by atoms with E-state index in [4.69, 9.17) is 0 Å². The largest absolute Gasteiger partial charge is 0.390 e. The Bertz CT molecular complexity index is 1180. The highest BCUT2D eigenvalue weighted by Gasteiger charge is 2.35. The number of benzene rings is 3. The predicted octanol–water partition coefficient (Wildman–Crippen LogP) is 5.51. The number of alkyl halides is 3. The van der Waals surface area contributed by atoms with Crippen molar-refractivity contribution in [2.24, 2.45) is 0 Å². The molecule has 0 N–H and O–H groups in total. The van der Waals surface area contributed by atoms with E-state index >= 15 is 0 Å². The second-order valence-electron chi connectivity index (χ2n) is 9.07. The number of hydrogen-bond donors (Lipinski definition) is 0. The van der Waals surface area contributed by atoms with Crippen molar-refractivity contribution in [2.45, 2.75) is 25.4 Å². The molecule has 0 unspecified atom stereocenters. The predicted molar refractivity (Wildman–Crippen MR) is 130 cm³/mol. The van der Waals surface area contributed by atoms with Crippen LogP contribution in [0, 0.1) is 0 Å². The van der Waals surface area contributed by atoms with Gasteiger partial charge >= 0.3 is 6.18 Å². The Kier molecular flexibility index (Phi) is 6.21. The quantitative estimate of drug-likeness (QED) is 0.479. The lowest BCUT2D eigenvalue weighted by Gasteiger charge is -2.26. The van der Waals surface area contributed by atoms with Crippen LogP contribution in [0.4, 0.5) is 24.5 Å². The fraction of sp³-hybridized carbons (Fsp3) is 0.370. The highest BCUT2D eigenvalue weighted by Crippen LogP contribution is 2.42. The standard InChI is InChI=1S/C27H28F3N3O/c28-27(29,30)13-17-33-24-11-10-23(21-8-4-9-22(25(21)24)26(33)34)32-15-5-14-31(18-19-32)16-12-20-6-2-1-3-7-20/h1-4,6-11H,5,12-19H2. The van der Waals surface area contributed by atoms with Crippen molar-refractivity contribution in [3.05, 3.63) is 71.8 Å². The van der Waals surface area contributed by atoms with Crippen molar-refractivity contribution < 1.29 is 18.0 Å². The molecule has 0 saturated carbocycles. The van der Waals surface area contributed by atoms with Crippen LogP contribution in [-0.4, -0.2) is 56.3 Å². The summed E-state index contributed by atoms with van der Waals surface area (Å²) in [5, 5.41) is 1.72. The van der Waals surface area contributed by atoms with E-state index in [9.17, 15) is 18.0 Å². The minimum atomic E-state index is -4.30. The molecule has 178 valence electrons. The molecule has 3 aromatic carbocycles. The number of hydrogen-bond acceptors (Lipinski definition) is 3. The Morgan fingerprint density at radius 2 is 1.59 bits per heavy atom. The monoisotopic (exact) mass is 467 g/mol. The third-order valence-corrected chi connectivity index (χ3v) is 6.87. The molecular formula is C27H28F3N3O. The fourth-order valence-electron chi connectivity index (χ4n) is 5.13. The molecule has 5 rings (SSSR count). The first-order valence-corrected chi connectivity index (χ1v) is 11.9. The van der Waals surface area contributed by atoms with Crippen molar-refractivity contribution >= 4 is 28.1 Å². The van der Waals surface area contributed by atoms with Crippen molar-refractivity contribution in [2.75, 3.05) is 49.1 Å². The van der Waals surface area contributed by atoms with Crippen LogP contribution in [0.15, 0.2) is 60.7 Å². The number of carbonyl (C=O) groups excluding carboxylic acids is 1. The van der Waals surface area contributed by atoms with Crippen molar-refractivity contribution in [1.29, 1.82) is 0 Å². The van der Waals surface area contributed by atoms with Gasteiger partial charge in [0.25, 0.3) is 5.91 Å². The summed E-state index contributed by atoms with van der Waals surface area (Å²) in [4.78, 5) is 19.0. The SMILES string of the molecule is O=C1c2cccc3c(N4CCCN(CCc5ccccc5)CC4)ccc(c23)N1CCC(F)(F)F. The van der Waals surface area contributed by atoms with Crippen LogP contribution < -0.4 is 9.80 Å². The summed E-state index contributed by atoms with van der Waals surface area (Å²) >= 11 is 0. The molecule has 4 nitrogen and oxygen atoms in total. The molecule has 2 aliphatic heterocycles. The maximum Gasteiger partial charge on any atom is 0.390 e. The van der Waals surface area contributed by atoms with Crippen LogP contribution in [0.3, 0.4) is 0 Å². The van der Waals surface area contributed by atoms with E-state index in [1.165, 1.54) is 10.5 Å². The second-order valence-corrected chi connectivity index (χ2v) is 9.07. The Hall–Kier alpha value is -3.06. The zero-order valence-electron chi connectivity index (χ0n) is 19.0. The molecule has 0 radical (unpaired) electrons. The molecule has 2 heterocycles. The van der Waals surface area contributed by atoms with Gasteiger partial charge in [-0.25, -0.2) is 0 Å². The molecule has 0 aromatic heterocycles. The van der Waals surface area contributed by atoms with Crippen LogP contribution in [0.1, 0.15) is 28.8 Å². The minimum Gasteiger partial charge on any atom is -0.370 e. The number of halogens is 3. The zero-order valence-corrected chi connectivity index (χ0v) is 19.0. The summed E-state index contributed by atoms with van der Waals surface area (Å²) in [5.74, 6) is -0.343. The summed E-state index contributed by atoms with van der Waals surface area (Å²) in [6, 6.07) is 19.8. The van der Waals surface area contributed by atoms with Gasteiger partial charge in [0, 0.05) is 54.7 Å². The van der Waals surface area contributed by atoms with Gasteiger partial charge in [0.2, 0.25) is 0 Å². The van der Waals surface area contributed by atoms with Gasteiger partial charge in [-0.1, -0.05) is 42.5 Å². The van der Waals surface area contributed by atoms with Crippen LogP contribution in [-0.2, 0) is 6.42 Å². The second kappa shape index (κ2) is 9.29. The third kappa shape index (κ3) is 4.62. The average molecular weight is 468 g/mol. The summed E-state index contributed by atoms with van der Waals surface area (Å²) in [6.45, 7) is 4.43. The number of carbonyl (C=O) groups is 1. The molecule has 7 heteroatoms. The van der Waals surface area contributed by atoms with Crippen LogP contribution in [0.2, 0.25) is 0 Å². The van der Waals surface area contributed by atoms with E-state index in [0.29, 0.717) is 11.3 Å². The normalized spacial score (nSPS) is 17.0. The molecule has 0 bridgehead atoms. The molecule has 2 aliphatic rings. The molecule has 0 spiro atoms. The average Bonchev–Trinajstić information content (AvgIpc) is 2.97. The van der Waals surface area contributed by atoms with Gasteiger partial charge in [-0.3, -0.25) is 4.79 Å². The summed E-state index contributed by atoms with van der Waals surface area (Å²) in [7, 11) is 0. The molecule has 1 amide bonds. The van der Waals surface area contributed by atoms with Crippen LogP contribution >= 0.6 is 0 Å². The van der Waals surface area contributed by atoms with E-state index in [0.717, 1.165) is 62.0 Å². The molecular weight excluding hydrogens is 439 g/mol. The first-order chi connectivity index (χ1) is 16.4. The lowest BCUT2D eigenvalue weighted by atomic mass is 10.0. The van der Waals surface area contributed by atoms with Crippen molar-refractivity contribution in [3.8, 4) is 0 Å². The van der Waals surface area contributed by atoms with Crippen molar-refractivity contribution in [1.82, 2.24) is 4.90 Å². The van der Waals surface area contributed by atoms with Gasteiger partial charge in [-0.2, -0.15) is 13.2 Å². The first-order valence-electron chi connectivity index (χ1n) is 11.9. The van der Waals surface area contributed by atoms with Crippen LogP contribution in [0.25, 0.3) is 10.8 Å². The maximum atomic E-state index is 12.9. The Balaban J connectivity index is 1.34. The summed E-state index contributed by atoms with van der Waals surface area (Å²) < 4.78 is 38.5. The lowest BCUT2D eigenvalue weighted by Crippen LogP contribution is -2.32. The van der Waals surface area contributed by atoms with Crippen LogP contribution in [0.5, 0.6) is 0 Å².